The molecule has 1 atom stereocenters. The molecule has 1 N–H and O–H groups in total. The lowest BCUT2D eigenvalue weighted by atomic mass is 9.78. The molecular weight excluding hydrogens is 452 g/mol. The van der Waals surface area contributed by atoms with Crippen LogP contribution in [-0.2, 0) is 27.6 Å². The van der Waals surface area contributed by atoms with E-state index in [9.17, 15) is 13.5 Å². The first-order valence-electron chi connectivity index (χ1n) is 11.2. The zero-order valence-electron chi connectivity index (χ0n) is 20.1. The highest BCUT2D eigenvalue weighted by atomic mass is 32.2. The monoisotopic (exact) mass is 484 g/mol. The van der Waals surface area contributed by atoms with Crippen LogP contribution in [0.2, 0.25) is 0 Å². The fourth-order valence-electron chi connectivity index (χ4n) is 3.40. The van der Waals surface area contributed by atoms with Gasteiger partial charge in [-0.05, 0) is 47.9 Å². The summed E-state index contributed by atoms with van der Waals surface area (Å²) in [5, 5.41) is 9.67. The van der Waals surface area contributed by atoms with Gasteiger partial charge in [-0.25, -0.2) is 18.4 Å². The highest BCUT2D eigenvalue weighted by molar-refractivity contribution is 7.89. The van der Waals surface area contributed by atoms with E-state index in [0.717, 1.165) is 23.1 Å². The maximum atomic E-state index is 11.5. The molecule has 0 spiro atoms. The zero-order valence-corrected chi connectivity index (χ0v) is 20.9. The Balaban J connectivity index is 1.62. The molecule has 0 radical (unpaired) electrons. The number of aromatic nitrogens is 2. The number of rotatable bonds is 11. The van der Waals surface area contributed by atoms with Crippen LogP contribution in [0, 0.1) is 0 Å². The molecule has 0 saturated carbocycles. The van der Waals surface area contributed by atoms with E-state index in [2.05, 4.69) is 23.8 Å². The van der Waals surface area contributed by atoms with Crippen LogP contribution < -0.4 is 9.47 Å². The van der Waals surface area contributed by atoms with Crippen LogP contribution in [0.3, 0.4) is 0 Å². The molecule has 0 fully saturated rings. The van der Waals surface area contributed by atoms with E-state index in [1.54, 1.807) is 12.3 Å². The summed E-state index contributed by atoms with van der Waals surface area (Å²) in [4.78, 5) is 8.27. The van der Waals surface area contributed by atoms with E-state index in [0.29, 0.717) is 17.9 Å². The van der Waals surface area contributed by atoms with Crippen molar-refractivity contribution >= 4 is 9.84 Å². The number of benzene rings is 2. The molecule has 0 unspecified atom stereocenters. The Morgan fingerprint density at radius 2 is 1.50 bits per heavy atom. The van der Waals surface area contributed by atoms with Crippen molar-refractivity contribution in [1.29, 1.82) is 0 Å². The fraction of sp³-hybridized carbons (Fsp3) is 0.385. The second-order valence-corrected chi connectivity index (χ2v) is 11.0. The van der Waals surface area contributed by atoms with Gasteiger partial charge >= 0.3 is 0 Å². The van der Waals surface area contributed by atoms with Gasteiger partial charge in [-0.2, -0.15) is 0 Å². The van der Waals surface area contributed by atoms with Gasteiger partial charge in [0.05, 0.1) is 11.8 Å². The molecular formula is C26H32N2O5S. The van der Waals surface area contributed by atoms with Gasteiger partial charge in [-0.3, -0.25) is 0 Å². The normalized spacial score (nSPS) is 12.9. The molecule has 1 heterocycles. The lowest BCUT2D eigenvalue weighted by molar-refractivity contribution is 0.104. The quantitative estimate of drug-likeness (QED) is 0.438. The first-order chi connectivity index (χ1) is 16.1. The zero-order chi connectivity index (χ0) is 24.8. The topological polar surface area (TPSA) is 98.6 Å². The van der Waals surface area contributed by atoms with Crippen molar-refractivity contribution in [3.05, 3.63) is 83.4 Å². The molecule has 8 heteroatoms. The van der Waals surface area contributed by atoms with E-state index in [1.807, 2.05) is 55.5 Å². The van der Waals surface area contributed by atoms with Crippen molar-refractivity contribution in [2.75, 3.05) is 12.9 Å². The number of hydrogen-bond donors (Lipinski definition) is 1. The molecule has 0 aliphatic heterocycles. The van der Waals surface area contributed by atoms with Crippen LogP contribution in [0.15, 0.2) is 60.8 Å². The maximum absolute atomic E-state index is 11.5. The van der Waals surface area contributed by atoms with Crippen molar-refractivity contribution in [1.82, 2.24) is 9.97 Å². The predicted molar refractivity (Wildman–Crippen MR) is 132 cm³/mol. The number of hydrogen-bond acceptors (Lipinski definition) is 7. The van der Waals surface area contributed by atoms with Gasteiger partial charge in [-0.15, -0.1) is 0 Å². The average Bonchev–Trinajstić information content (AvgIpc) is 2.81. The van der Waals surface area contributed by atoms with Gasteiger partial charge in [0.1, 0.15) is 36.3 Å². The average molecular weight is 485 g/mol. The highest BCUT2D eigenvalue weighted by Gasteiger charge is 2.23. The summed E-state index contributed by atoms with van der Waals surface area (Å²) in [6.07, 6.45) is 2.90. The second kappa shape index (κ2) is 11.0. The third-order valence-corrected chi connectivity index (χ3v) is 6.39. The van der Waals surface area contributed by atoms with E-state index in [1.165, 1.54) is 0 Å². The van der Waals surface area contributed by atoms with Crippen LogP contribution in [-0.4, -0.2) is 42.5 Å². The molecule has 0 amide bonds. The van der Waals surface area contributed by atoms with Gasteiger partial charge in [0.25, 0.3) is 0 Å². The summed E-state index contributed by atoms with van der Waals surface area (Å²) in [5.74, 6) is 1.50. The van der Waals surface area contributed by atoms with Gasteiger partial charge in [0.2, 0.25) is 0 Å². The van der Waals surface area contributed by atoms with Crippen molar-refractivity contribution in [2.24, 2.45) is 0 Å². The van der Waals surface area contributed by atoms with Crippen LogP contribution in [0.25, 0.3) is 0 Å². The lowest BCUT2D eigenvalue weighted by Crippen LogP contribution is -2.19. The number of sulfone groups is 1. The molecule has 2 aromatic carbocycles. The number of nitrogens with zero attached hydrogens (tertiary/aromatic N) is 2. The smallest absolute Gasteiger partial charge is 0.154 e. The molecule has 182 valence electrons. The van der Waals surface area contributed by atoms with E-state index in [4.69, 9.17) is 9.47 Å². The van der Waals surface area contributed by atoms with Crippen LogP contribution in [0.5, 0.6) is 11.5 Å². The van der Waals surface area contributed by atoms with Crippen molar-refractivity contribution in [3.63, 3.8) is 0 Å². The summed E-state index contributed by atoms with van der Waals surface area (Å²) in [5.41, 5.74) is 2.66. The Labute approximate surface area is 201 Å². The highest BCUT2D eigenvalue weighted by Crippen LogP contribution is 2.33. The maximum Gasteiger partial charge on any atom is 0.154 e. The van der Waals surface area contributed by atoms with E-state index >= 15 is 0 Å². The number of ether oxygens (including phenoxy) is 2. The van der Waals surface area contributed by atoms with Crippen molar-refractivity contribution in [3.8, 4) is 11.5 Å². The Morgan fingerprint density at radius 1 is 0.941 bits per heavy atom. The van der Waals surface area contributed by atoms with Crippen LogP contribution in [0.4, 0.5) is 0 Å². The molecule has 3 aromatic rings. The summed E-state index contributed by atoms with van der Waals surface area (Å²) in [6, 6.07) is 17.5. The largest absolute Gasteiger partial charge is 0.491 e. The van der Waals surface area contributed by atoms with E-state index in [-0.39, 0.29) is 30.2 Å². The fourth-order valence-corrected chi connectivity index (χ4v) is 4.00. The van der Waals surface area contributed by atoms with Gasteiger partial charge in [0, 0.05) is 17.9 Å². The Bertz CT molecular complexity index is 1180. The standard InChI is InChI=1S/C26H32N2O5S/c1-5-22(29)17-33-24-12-8-20(9-13-24)26(2,3)19-6-10-23(11-7-19)32-16-21-14-15-27-25(28-21)18-34(4,30)31/h6-15,22,29H,5,16-18H2,1-4H3/t22-/m0/s1. The molecule has 0 saturated heterocycles. The first-order valence-corrected chi connectivity index (χ1v) is 13.3. The Hall–Kier alpha value is -2.97. The summed E-state index contributed by atoms with van der Waals surface area (Å²) in [7, 11) is -3.20. The molecule has 0 aliphatic rings. The minimum atomic E-state index is -3.20. The summed E-state index contributed by atoms with van der Waals surface area (Å²) in [6.45, 7) is 6.74. The second-order valence-electron chi connectivity index (χ2n) is 8.87. The summed E-state index contributed by atoms with van der Waals surface area (Å²) >= 11 is 0. The minimum Gasteiger partial charge on any atom is -0.491 e. The number of aliphatic hydroxyl groups is 1. The minimum absolute atomic E-state index is 0.196. The van der Waals surface area contributed by atoms with Crippen molar-refractivity contribution < 1.29 is 23.0 Å². The van der Waals surface area contributed by atoms with Crippen LogP contribution in [0.1, 0.15) is 49.8 Å². The van der Waals surface area contributed by atoms with Gasteiger partial charge in [-0.1, -0.05) is 45.0 Å². The molecule has 1 aromatic heterocycles. The molecule has 0 bridgehead atoms. The van der Waals surface area contributed by atoms with Gasteiger partial charge in [0.15, 0.2) is 9.84 Å². The van der Waals surface area contributed by atoms with Crippen molar-refractivity contribution in [2.45, 2.75) is 51.1 Å². The summed E-state index contributed by atoms with van der Waals surface area (Å²) < 4.78 is 34.4. The molecule has 7 nitrogen and oxygen atoms in total. The molecule has 0 aliphatic carbocycles. The number of aliphatic hydroxyl groups excluding tert-OH is 1. The lowest BCUT2D eigenvalue weighted by Gasteiger charge is -2.26. The van der Waals surface area contributed by atoms with Gasteiger partial charge < -0.3 is 14.6 Å². The first kappa shape index (κ1) is 25.6. The SMILES string of the molecule is CC[C@H](O)COc1ccc(C(C)(C)c2ccc(OCc3ccnc(CS(C)(=O)=O)n3)cc2)cc1. The van der Waals surface area contributed by atoms with Crippen LogP contribution >= 0.6 is 0 Å². The molecule has 3 rings (SSSR count). The van der Waals surface area contributed by atoms with E-state index < -0.39 is 15.9 Å². The predicted octanol–water partition coefficient (Wildman–Crippen LogP) is 4.08. The third-order valence-electron chi connectivity index (χ3n) is 5.61. The Kier molecular flexibility index (Phi) is 8.28. The third kappa shape index (κ3) is 7.27. The molecule has 34 heavy (non-hydrogen) atoms. The Morgan fingerprint density at radius 3 is 2.03 bits per heavy atom.